The molecule has 0 amide bonds. The van der Waals surface area contributed by atoms with Crippen molar-refractivity contribution in [2.24, 2.45) is 0 Å². The molecule has 6 heteroatoms. The number of nitrogens with one attached hydrogen (secondary N) is 1. The third-order valence-corrected chi connectivity index (χ3v) is 1.52. The average Bonchev–Trinajstić information content (AvgIpc) is 2.12. The first-order valence-corrected chi connectivity index (χ1v) is 3.77. The predicted octanol–water partition coefficient (Wildman–Crippen LogP) is -1.11. The van der Waals surface area contributed by atoms with Gasteiger partial charge in [-0.15, -0.1) is 0 Å². The van der Waals surface area contributed by atoms with Crippen molar-refractivity contribution in [2.45, 2.75) is 18.9 Å². The van der Waals surface area contributed by atoms with Crippen molar-refractivity contribution in [1.29, 1.82) is 0 Å². The van der Waals surface area contributed by atoms with Gasteiger partial charge in [0.1, 0.15) is 0 Å². The van der Waals surface area contributed by atoms with Crippen LogP contribution < -0.4 is 4.72 Å². The van der Waals surface area contributed by atoms with Crippen LogP contribution in [0.5, 0.6) is 0 Å². The molecule has 0 aromatic rings. The summed E-state index contributed by atoms with van der Waals surface area (Å²) in [7, 11) is -3.91. The summed E-state index contributed by atoms with van der Waals surface area (Å²) in [4.78, 5) is 0. The van der Waals surface area contributed by atoms with Crippen molar-refractivity contribution in [3.8, 4) is 0 Å². The molecule has 0 spiro atoms. The van der Waals surface area contributed by atoms with Gasteiger partial charge in [0.25, 0.3) is 0 Å². The second-order valence-electron chi connectivity index (χ2n) is 1.87. The van der Waals surface area contributed by atoms with Gasteiger partial charge in [0.05, 0.1) is 0 Å². The topological polar surface area (TPSA) is 66.4 Å². The Morgan fingerprint density at radius 3 is 2.00 bits per heavy atom. The van der Waals surface area contributed by atoms with E-state index in [1.54, 1.807) is 0 Å². The van der Waals surface area contributed by atoms with Crippen LogP contribution in [-0.4, -0.2) is 48.6 Å². The van der Waals surface area contributed by atoms with Gasteiger partial charge in [-0.05, 0) is 12.8 Å². The van der Waals surface area contributed by atoms with Crippen LogP contribution >= 0.6 is 0 Å². The molecule has 0 atom stereocenters. The molecule has 1 rings (SSSR count). The summed E-state index contributed by atoms with van der Waals surface area (Å²) in [5, 5.41) is 0. The summed E-state index contributed by atoms with van der Waals surface area (Å²) in [5.74, 6) is 0. The van der Waals surface area contributed by atoms with Crippen LogP contribution in [0.3, 0.4) is 0 Å². The normalized spacial score (nSPS) is 18.8. The Balaban J connectivity index is 0.000000640. The summed E-state index contributed by atoms with van der Waals surface area (Å²) in [5.41, 5.74) is 0. The van der Waals surface area contributed by atoms with E-state index in [0.717, 1.165) is 12.8 Å². The van der Waals surface area contributed by atoms with Crippen LogP contribution in [-0.2, 0) is 10.3 Å². The molecule has 0 saturated heterocycles. The van der Waals surface area contributed by atoms with Crippen molar-refractivity contribution in [1.82, 2.24) is 4.72 Å². The van der Waals surface area contributed by atoms with Crippen LogP contribution in [0.2, 0.25) is 0 Å². The van der Waals surface area contributed by atoms with Gasteiger partial charge < -0.3 is 0 Å². The minimum absolute atomic E-state index is 0. The SMILES string of the molecule is O=S(=O)(O)NC1CC1.[NaH]. The molecule has 0 aromatic carbocycles. The molecule has 0 bridgehead atoms. The minimum atomic E-state index is -3.91. The fraction of sp³-hybridized carbons (Fsp3) is 1.00. The Kier molecular flexibility index (Phi) is 3.64. The van der Waals surface area contributed by atoms with E-state index in [9.17, 15) is 8.42 Å². The molecule has 0 aromatic heterocycles. The molecule has 0 unspecified atom stereocenters. The first-order valence-electron chi connectivity index (χ1n) is 2.33. The maximum absolute atomic E-state index is 9.93. The molecule has 50 valence electrons. The van der Waals surface area contributed by atoms with Gasteiger partial charge in [-0.1, -0.05) is 0 Å². The maximum atomic E-state index is 9.93. The molecular weight excluding hydrogens is 153 g/mol. The third kappa shape index (κ3) is 5.32. The first-order chi connectivity index (χ1) is 3.58. The second-order valence-corrected chi connectivity index (χ2v) is 3.05. The van der Waals surface area contributed by atoms with E-state index in [1.807, 2.05) is 4.72 Å². The molecule has 1 aliphatic carbocycles. The van der Waals surface area contributed by atoms with Gasteiger partial charge >= 0.3 is 39.9 Å². The van der Waals surface area contributed by atoms with E-state index in [4.69, 9.17) is 4.55 Å². The van der Waals surface area contributed by atoms with E-state index in [2.05, 4.69) is 0 Å². The zero-order valence-corrected chi connectivity index (χ0v) is 4.98. The molecule has 0 radical (unpaired) electrons. The van der Waals surface area contributed by atoms with Gasteiger partial charge in [-0.3, -0.25) is 4.55 Å². The molecule has 4 nitrogen and oxygen atoms in total. The molecule has 1 saturated carbocycles. The van der Waals surface area contributed by atoms with Gasteiger partial charge in [-0.25, -0.2) is 0 Å². The molecule has 1 aliphatic rings. The Morgan fingerprint density at radius 2 is 1.89 bits per heavy atom. The van der Waals surface area contributed by atoms with Crippen LogP contribution in [0.4, 0.5) is 0 Å². The summed E-state index contributed by atoms with van der Waals surface area (Å²) in [6, 6.07) is 0.00463. The van der Waals surface area contributed by atoms with Crippen LogP contribution in [0.25, 0.3) is 0 Å². The predicted molar refractivity (Wildman–Crippen MR) is 34.9 cm³/mol. The molecule has 0 heterocycles. The van der Waals surface area contributed by atoms with Crippen molar-refractivity contribution in [3.63, 3.8) is 0 Å². The fourth-order valence-corrected chi connectivity index (χ4v) is 1.07. The summed E-state index contributed by atoms with van der Waals surface area (Å²) in [6.45, 7) is 0. The van der Waals surface area contributed by atoms with Gasteiger partial charge in [-0.2, -0.15) is 13.1 Å². The summed E-state index contributed by atoms with van der Waals surface area (Å²) < 4.78 is 30.0. The quantitative estimate of drug-likeness (QED) is 0.399. The summed E-state index contributed by atoms with van der Waals surface area (Å²) in [6.07, 6.45) is 1.69. The number of hydrogen-bond donors (Lipinski definition) is 2. The van der Waals surface area contributed by atoms with Crippen molar-refractivity contribution in [3.05, 3.63) is 0 Å². The Morgan fingerprint density at radius 1 is 1.44 bits per heavy atom. The van der Waals surface area contributed by atoms with Gasteiger partial charge in [0, 0.05) is 6.04 Å². The standard InChI is InChI=1S/C3H7NO3S.Na.H/c5-8(6,7)4-3-1-2-3;;/h3-4H,1-2H2,(H,5,6,7);;. The Labute approximate surface area is 76.2 Å². The first kappa shape index (κ1) is 9.87. The van der Waals surface area contributed by atoms with Crippen LogP contribution in [0.15, 0.2) is 0 Å². The van der Waals surface area contributed by atoms with Crippen molar-refractivity contribution < 1.29 is 13.0 Å². The van der Waals surface area contributed by atoms with E-state index >= 15 is 0 Å². The third-order valence-electron chi connectivity index (χ3n) is 0.893. The monoisotopic (exact) mass is 161 g/mol. The van der Waals surface area contributed by atoms with Crippen molar-refractivity contribution in [2.75, 3.05) is 0 Å². The average molecular weight is 161 g/mol. The van der Waals surface area contributed by atoms with E-state index in [0.29, 0.717) is 0 Å². The Bertz CT molecular complexity index is 173. The molecule has 0 aliphatic heterocycles. The van der Waals surface area contributed by atoms with E-state index < -0.39 is 10.3 Å². The van der Waals surface area contributed by atoms with Crippen molar-refractivity contribution >= 4 is 39.9 Å². The number of hydrogen-bond acceptors (Lipinski definition) is 2. The van der Waals surface area contributed by atoms with Gasteiger partial charge in [0.15, 0.2) is 0 Å². The fourth-order valence-electron chi connectivity index (χ4n) is 0.412. The van der Waals surface area contributed by atoms with Crippen LogP contribution in [0, 0.1) is 0 Å². The molecule has 2 N–H and O–H groups in total. The zero-order valence-electron chi connectivity index (χ0n) is 4.16. The Hall–Kier alpha value is 0.870. The molecule has 9 heavy (non-hydrogen) atoms. The molecular formula is C3H8NNaO3S. The molecule has 1 fully saturated rings. The number of rotatable bonds is 2. The van der Waals surface area contributed by atoms with E-state index in [1.165, 1.54) is 0 Å². The van der Waals surface area contributed by atoms with Gasteiger partial charge in [0.2, 0.25) is 0 Å². The summed E-state index contributed by atoms with van der Waals surface area (Å²) >= 11 is 0. The van der Waals surface area contributed by atoms with Crippen LogP contribution in [0.1, 0.15) is 12.8 Å². The zero-order chi connectivity index (χ0) is 6.20. The second kappa shape index (κ2) is 3.32. The van der Waals surface area contributed by atoms with E-state index in [-0.39, 0.29) is 35.6 Å².